The summed E-state index contributed by atoms with van der Waals surface area (Å²) in [5.74, 6) is 0.345. The minimum atomic E-state index is -0.525. The Morgan fingerprint density at radius 3 is 2.32 bits per heavy atom. The van der Waals surface area contributed by atoms with Crippen LogP contribution in [0.1, 0.15) is 33.4 Å². The minimum absolute atomic E-state index is 0.258. The van der Waals surface area contributed by atoms with Crippen molar-refractivity contribution in [3.8, 4) is 0 Å². The van der Waals surface area contributed by atoms with Gasteiger partial charge in [0, 0.05) is 17.6 Å². The fourth-order valence-electron chi connectivity index (χ4n) is 1.90. The first-order valence-electron chi connectivity index (χ1n) is 6.31. The van der Waals surface area contributed by atoms with E-state index in [0.29, 0.717) is 17.0 Å². The molecule has 6 heteroatoms. The van der Waals surface area contributed by atoms with E-state index in [9.17, 15) is 4.79 Å². The van der Waals surface area contributed by atoms with Gasteiger partial charge in [-0.15, -0.1) is 0 Å². The average molecular weight is 262 g/mol. The van der Waals surface area contributed by atoms with Crippen LogP contribution in [0.4, 0.5) is 5.82 Å². The Kier molecular flexibility index (Phi) is 3.41. The van der Waals surface area contributed by atoms with Gasteiger partial charge in [-0.05, 0) is 33.8 Å². The Labute approximate surface area is 113 Å². The molecule has 0 bridgehead atoms. The zero-order chi connectivity index (χ0) is 14.3. The van der Waals surface area contributed by atoms with Gasteiger partial charge in [0.05, 0.1) is 11.2 Å². The van der Waals surface area contributed by atoms with Crippen LogP contribution in [0, 0.1) is 0 Å². The van der Waals surface area contributed by atoms with Crippen LogP contribution in [0.2, 0.25) is 0 Å². The molecule has 0 aromatic carbocycles. The van der Waals surface area contributed by atoms with Crippen LogP contribution in [0.5, 0.6) is 0 Å². The summed E-state index contributed by atoms with van der Waals surface area (Å²) in [6.45, 7) is 7.93. The first kappa shape index (κ1) is 14.0. The lowest BCUT2D eigenvalue weighted by atomic mass is 9.79. The van der Waals surface area contributed by atoms with Crippen LogP contribution in [0.25, 0.3) is 0 Å². The Hall–Kier alpha value is -1.40. The second-order valence-electron chi connectivity index (χ2n) is 5.74. The maximum Gasteiger partial charge on any atom is 0.498 e. The number of anilines is 1. The lowest BCUT2D eigenvalue weighted by Crippen LogP contribution is -2.41. The molecule has 0 unspecified atom stereocenters. The molecule has 1 fully saturated rings. The SMILES string of the molecule is CC1(C)OB(c2ccc(CC=O)nc2N)OC1(C)C. The Bertz CT molecular complexity index is 487. The highest BCUT2D eigenvalue weighted by Gasteiger charge is 2.52. The lowest BCUT2D eigenvalue weighted by molar-refractivity contribution is -0.107. The summed E-state index contributed by atoms with van der Waals surface area (Å²) in [5, 5.41) is 0. The number of pyridine rings is 1. The molecule has 1 aliphatic heterocycles. The number of hydrogen-bond acceptors (Lipinski definition) is 5. The van der Waals surface area contributed by atoms with E-state index < -0.39 is 18.3 Å². The van der Waals surface area contributed by atoms with E-state index in [0.717, 1.165) is 6.29 Å². The molecule has 0 atom stereocenters. The van der Waals surface area contributed by atoms with E-state index in [4.69, 9.17) is 15.0 Å². The van der Waals surface area contributed by atoms with Gasteiger partial charge < -0.3 is 19.8 Å². The van der Waals surface area contributed by atoms with Crippen molar-refractivity contribution in [3.05, 3.63) is 17.8 Å². The zero-order valence-corrected chi connectivity index (χ0v) is 11.8. The first-order chi connectivity index (χ1) is 8.77. The normalized spacial score (nSPS) is 20.5. The van der Waals surface area contributed by atoms with E-state index in [2.05, 4.69) is 4.98 Å². The standard InChI is InChI=1S/C13H19BN2O3/c1-12(2)13(3,4)19-14(18-12)10-6-5-9(7-8-17)16-11(10)15/h5-6,8H,7H2,1-4H3,(H2,15,16). The van der Waals surface area contributed by atoms with Gasteiger partial charge in [0.15, 0.2) is 0 Å². The molecular formula is C13H19BN2O3. The van der Waals surface area contributed by atoms with E-state index in [1.165, 1.54) is 0 Å². The molecule has 5 nitrogen and oxygen atoms in total. The second kappa shape index (κ2) is 4.61. The molecule has 0 spiro atoms. The highest BCUT2D eigenvalue weighted by Crippen LogP contribution is 2.36. The number of rotatable bonds is 3. The van der Waals surface area contributed by atoms with Crippen molar-refractivity contribution in [1.82, 2.24) is 4.98 Å². The Morgan fingerprint density at radius 1 is 1.26 bits per heavy atom. The summed E-state index contributed by atoms with van der Waals surface area (Å²) in [6, 6.07) is 3.58. The van der Waals surface area contributed by atoms with Gasteiger partial charge in [0.2, 0.25) is 0 Å². The van der Waals surface area contributed by atoms with Crippen molar-refractivity contribution < 1.29 is 14.1 Å². The van der Waals surface area contributed by atoms with Crippen LogP contribution in [-0.2, 0) is 20.5 Å². The number of carbonyl (C=O) groups is 1. The van der Waals surface area contributed by atoms with E-state index in [1.54, 1.807) is 6.07 Å². The third-order valence-corrected chi connectivity index (χ3v) is 3.81. The third kappa shape index (κ3) is 2.50. The highest BCUT2D eigenvalue weighted by atomic mass is 16.7. The molecule has 2 heterocycles. The van der Waals surface area contributed by atoms with E-state index in [1.807, 2.05) is 33.8 Å². The summed E-state index contributed by atoms with van der Waals surface area (Å²) in [7, 11) is -0.525. The largest absolute Gasteiger partial charge is 0.498 e. The quantitative estimate of drug-likeness (QED) is 0.641. The second-order valence-corrected chi connectivity index (χ2v) is 5.74. The molecule has 1 aromatic heterocycles. The maximum atomic E-state index is 10.5. The molecule has 0 saturated carbocycles. The van der Waals surface area contributed by atoms with Crippen LogP contribution < -0.4 is 11.2 Å². The Balaban J connectivity index is 2.27. The van der Waals surface area contributed by atoms with Gasteiger partial charge in [-0.1, -0.05) is 6.07 Å². The third-order valence-electron chi connectivity index (χ3n) is 3.81. The average Bonchev–Trinajstić information content (AvgIpc) is 2.48. The predicted octanol–water partition coefficient (Wildman–Crippen LogP) is 0.704. The highest BCUT2D eigenvalue weighted by molar-refractivity contribution is 6.63. The van der Waals surface area contributed by atoms with Gasteiger partial charge in [0.1, 0.15) is 12.1 Å². The van der Waals surface area contributed by atoms with Crippen molar-refractivity contribution in [1.29, 1.82) is 0 Å². The van der Waals surface area contributed by atoms with Gasteiger partial charge in [-0.3, -0.25) is 0 Å². The molecular weight excluding hydrogens is 243 g/mol. The predicted molar refractivity (Wildman–Crippen MR) is 74.1 cm³/mol. The van der Waals surface area contributed by atoms with Crippen molar-refractivity contribution >= 4 is 24.7 Å². The van der Waals surface area contributed by atoms with E-state index >= 15 is 0 Å². The summed E-state index contributed by atoms with van der Waals surface area (Å²) >= 11 is 0. The topological polar surface area (TPSA) is 74.4 Å². The zero-order valence-electron chi connectivity index (χ0n) is 11.8. The monoisotopic (exact) mass is 262 g/mol. The van der Waals surface area contributed by atoms with Crippen molar-refractivity contribution in [2.75, 3.05) is 5.73 Å². The number of nitrogens with zero attached hydrogens (tertiary/aromatic N) is 1. The number of nitrogen functional groups attached to an aromatic ring is 1. The number of carbonyl (C=O) groups excluding carboxylic acids is 1. The van der Waals surface area contributed by atoms with Crippen LogP contribution in [0.3, 0.4) is 0 Å². The summed E-state index contributed by atoms with van der Waals surface area (Å²) < 4.78 is 11.8. The molecule has 2 N–H and O–H groups in total. The minimum Gasteiger partial charge on any atom is -0.399 e. The number of aldehydes is 1. The summed E-state index contributed by atoms with van der Waals surface area (Å²) in [4.78, 5) is 14.7. The van der Waals surface area contributed by atoms with Crippen molar-refractivity contribution in [3.63, 3.8) is 0 Å². The van der Waals surface area contributed by atoms with Gasteiger partial charge >= 0.3 is 7.12 Å². The molecule has 0 amide bonds. The maximum absolute atomic E-state index is 10.5. The first-order valence-corrected chi connectivity index (χ1v) is 6.31. The fraction of sp³-hybridized carbons (Fsp3) is 0.538. The summed E-state index contributed by atoms with van der Waals surface area (Å²) in [5.41, 5.74) is 6.45. The molecule has 0 radical (unpaired) electrons. The van der Waals surface area contributed by atoms with E-state index in [-0.39, 0.29) is 6.42 Å². The fourth-order valence-corrected chi connectivity index (χ4v) is 1.90. The smallest absolute Gasteiger partial charge is 0.399 e. The van der Waals surface area contributed by atoms with Gasteiger partial charge in [-0.25, -0.2) is 4.98 Å². The van der Waals surface area contributed by atoms with Crippen LogP contribution in [-0.4, -0.2) is 29.6 Å². The van der Waals surface area contributed by atoms with Gasteiger partial charge in [-0.2, -0.15) is 0 Å². The molecule has 1 saturated heterocycles. The number of hydrogen-bond donors (Lipinski definition) is 1. The van der Waals surface area contributed by atoms with Crippen LogP contribution >= 0.6 is 0 Å². The van der Waals surface area contributed by atoms with Gasteiger partial charge in [0.25, 0.3) is 0 Å². The summed E-state index contributed by atoms with van der Waals surface area (Å²) in [6.07, 6.45) is 1.06. The number of aromatic nitrogens is 1. The van der Waals surface area contributed by atoms with Crippen molar-refractivity contribution in [2.45, 2.75) is 45.3 Å². The molecule has 2 rings (SSSR count). The molecule has 1 aliphatic rings. The molecule has 1 aromatic rings. The van der Waals surface area contributed by atoms with Crippen molar-refractivity contribution in [2.24, 2.45) is 0 Å². The lowest BCUT2D eigenvalue weighted by Gasteiger charge is -2.32. The molecule has 19 heavy (non-hydrogen) atoms. The molecule has 0 aliphatic carbocycles. The number of nitrogens with two attached hydrogens (primary N) is 1. The van der Waals surface area contributed by atoms with Crippen LogP contribution in [0.15, 0.2) is 12.1 Å². The Morgan fingerprint density at radius 2 is 1.84 bits per heavy atom. The molecule has 102 valence electrons.